The van der Waals surface area contributed by atoms with E-state index in [1.54, 1.807) is 4.90 Å². The molecule has 1 fully saturated rings. The minimum Gasteiger partial charge on any atom is -0.486 e. The van der Waals surface area contributed by atoms with E-state index >= 15 is 0 Å². The van der Waals surface area contributed by atoms with Gasteiger partial charge in [-0.15, -0.1) is 0 Å². The van der Waals surface area contributed by atoms with Crippen molar-refractivity contribution in [3.63, 3.8) is 0 Å². The fourth-order valence-corrected chi connectivity index (χ4v) is 3.94. The predicted molar refractivity (Wildman–Crippen MR) is 113 cm³/mol. The quantitative estimate of drug-likeness (QED) is 0.738. The van der Waals surface area contributed by atoms with Crippen LogP contribution >= 0.6 is 0 Å². The largest absolute Gasteiger partial charge is 0.486 e. The molecule has 30 heavy (non-hydrogen) atoms. The Morgan fingerprint density at radius 3 is 2.60 bits per heavy atom. The maximum atomic E-state index is 12.8. The van der Waals surface area contributed by atoms with Gasteiger partial charge < -0.3 is 24.6 Å². The van der Waals surface area contributed by atoms with Crippen LogP contribution in [0.3, 0.4) is 0 Å². The topological polar surface area (TPSA) is 72.3 Å². The SMILES string of the molecule is C[NH+](C)Cc1ccccc1CNC(=O)[C@H]1CC(=O)N(c2ccc3c(c2)OCCO3)C1. The van der Waals surface area contributed by atoms with Crippen molar-refractivity contribution in [2.24, 2.45) is 5.92 Å². The Hall–Kier alpha value is -3.06. The second-order valence-electron chi connectivity index (χ2n) is 8.10. The van der Waals surface area contributed by atoms with Crippen molar-refractivity contribution in [3.8, 4) is 11.5 Å². The molecule has 7 nitrogen and oxygen atoms in total. The van der Waals surface area contributed by atoms with Crippen LogP contribution in [0.2, 0.25) is 0 Å². The van der Waals surface area contributed by atoms with Gasteiger partial charge >= 0.3 is 0 Å². The molecule has 2 aromatic carbocycles. The monoisotopic (exact) mass is 410 g/mol. The Balaban J connectivity index is 1.39. The minimum atomic E-state index is -0.364. The molecule has 0 spiro atoms. The van der Waals surface area contributed by atoms with Gasteiger partial charge in [0.25, 0.3) is 0 Å². The summed E-state index contributed by atoms with van der Waals surface area (Å²) in [4.78, 5) is 28.3. The summed E-state index contributed by atoms with van der Waals surface area (Å²) in [5.74, 6) is 0.819. The molecule has 2 amide bonds. The van der Waals surface area contributed by atoms with Crippen molar-refractivity contribution in [1.29, 1.82) is 0 Å². The minimum absolute atomic E-state index is 0.0524. The first-order valence-electron chi connectivity index (χ1n) is 10.3. The van der Waals surface area contributed by atoms with Crippen LogP contribution in [0.1, 0.15) is 17.5 Å². The number of rotatable bonds is 6. The van der Waals surface area contributed by atoms with Crippen molar-refractivity contribution in [3.05, 3.63) is 53.6 Å². The zero-order valence-electron chi connectivity index (χ0n) is 17.4. The lowest BCUT2D eigenvalue weighted by Gasteiger charge is -2.22. The molecule has 158 valence electrons. The molecule has 0 bridgehead atoms. The summed E-state index contributed by atoms with van der Waals surface area (Å²) < 4.78 is 11.2. The highest BCUT2D eigenvalue weighted by Gasteiger charge is 2.35. The summed E-state index contributed by atoms with van der Waals surface area (Å²) in [5.41, 5.74) is 3.07. The molecule has 2 aliphatic heterocycles. The number of nitrogens with one attached hydrogen (secondary N) is 2. The smallest absolute Gasteiger partial charge is 0.227 e. The zero-order chi connectivity index (χ0) is 21.1. The Kier molecular flexibility index (Phi) is 5.90. The number of carbonyl (C=O) groups is 2. The van der Waals surface area contributed by atoms with Crippen LogP contribution in [0.4, 0.5) is 5.69 Å². The molecule has 0 aliphatic carbocycles. The predicted octanol–water partition coefficient (Wildman–Crippen LogP) is 0.772. The van der Waals surface area contributed by atoms with Crippen LogP contribution in [-0.4, -0.2) is 45.7 Å². The number of nitrogens with zero attached hydrogens (tertiary/aromatic N) is 1. The normalized spacial score (nSPS) is 18.0. The first-order valence-corrected chi connectivity index (χ1v) is 10.3. The van der Waals surface area contributed by atoms with Crippen molar-refractivity contribution in [2.75, 3.05) is 38.8 Å². The third kappa shape index (κ3) is 4.41. The first-order chi connectivity index (χ1) is 14.5. The van der Waals surface area contributed by atoms with E-state index in [0.717, 1.165) is 17.8 Å². The van der Waals surface area contributed by atoms with E-state index in [0.29, 0.717) is 37.8 Å². The highest BCUT2D eigenvalue weighted by Crippen LogP contribution is 2.36. The van der Waals surface area contributed by atoms with Crippen molar-refractivity contribution < 1.29 is 24.0 Å². The number of benzene rings is 2. The van der Waals surface area contributed by atoms with Crippen molar-refractivity contribution in [2.45, 2.75) is 19.5 Å². The third-order valence-electron chi connectivity index (χ3n) is 5.45. The first kappa shape index (κ1) is 20.2. The zero-order valence-corrected chi connectivity index (χ0v) is 17.4. The van der Waals surface area contributed by atoms with Gasteiger partial charge in [-0.25, -0.2) is 0 Å². The van der Waals surface area contributed by atoms with E-state index in [9.17, 15) is 9.59 Å². The molecule has 7 heteroatoms. The molecule has 1 atom stereocenters. The number of ether oxygens (including phenoxy) is 2. The van der Waals surface area contributed by atoms with Gasteiger partial charge in [0.15, 0.2) is 11.5 Å². The highest BCUT2D eigenvalue weighted by molar-refractivity contribution is 6.00. The van der Waals surface area contributed by atoms with Gasteiger partial charge in [-0.3, -0.25) is 9.59 Å². The molecule has 0 unspecified atom stereocenters. The summed E-state index contributed by atoms with van der Waals surface area (Å²) >= 11 is 0. The average Bonchev–Trinajstić information content (AvgIpc) is 3.14. The van der Waals surface area contributed by atoms with Crippen molar-refractivity contribution >= 4 is 17.5 Å². The maximum absolute atomic E-state index is 12.8. The molecule has 2 aromatic rings. The van der Waals surface area contributed by atoms with Gasteiger partial charge in [0.05, 0.1) is 20.0 Å². The lowest BCUT2D eigenvalue weighted by molar-refractivity contribution is -0.872. The molecule has 2 heterocycles. The number of hydrogen-bond donors (Lipinski definition) is 2. The number of anilines is 1. The second kappa shape index (κ2) is 8.75. The molecule has 1 saturated heterocycles. The van der Waals surface area contributed by atoms with E-state index in [2.05, 4.69) is 25.5 Å². The van der Waals surface area contributed by atoms with Crippen LogP contribution in [0.25, 0.3) is 0 Å². The summed E-state index contributed by atoms with van der Waals surface area (Å²) in [6.45, 7) is 2.75. The Morgan fingerprint density at radius 2 is 1.83 bits per heavy atom. The molecule has 0 radical (unpaired) electrons. The number of fused-ring (bicyclic) bond motifs is 1. The van der Waals surface area contributed by atoms with E-state index in [4.69, 9.17) is 9.47 Å². The lowest BCUT2D eigenvalue weighted by Crippen LogP contribution is -3.04. The van der Waals surface area contributed by atoms with E-state index in [-0.39, 0.29) is 24.2 Å². The van der Waals surface area contributed by atoms with Crippen LogP contribution < -0.4 is 24.6 Å². The molecule has 2 aliphatic rings. The van der Waals surface area contributed by atoms with Gasteiger partial charge in [-0.1, -0.05) is 24.3 Å². The lowest BCUT2D eigenvalue weighted by atomic mass is 10.1. The average molecular weight is 410 g/mol. The van der Waals surface area contributed by atoms with E-state index in [1.807, 2.05) is 36.4 Å². The highest BCUT2D eigenvalue weighted by atomic mass is 16.6. The van der Waals surface area contributed by atoms with E-state index < -0.39 is 0 Å². The Bertz CT molecular complexity index is 944. The van der Waals surface area contributed by atoms with Crippen LogP contribution in [0.15, 0.2) is 42.5 Å². The second-order valence-corrected chi connectivity index (χ2v) is 8.10. The van der Waals surface area contributed by atoms with Crippen LogP contribution in [-0.2, 0) is 22.7 Å². The molecular formula is C23H28N3O4+. The Labute approximate surface area is 176 Å². The Morgan fingerprint density at radius 1 is 1.10 bits per heavy atom. The summed E-state index contributed by atoms with van der Waals surface area (Å²) in [6, 6.07) is 13.6. The van der Waals surface area contributed by atoms with E-state index in [1.165, 1.54) is 10.5 Å². The molecule has 0 saturated carbocycles. The van der Waals surface area contributed by atoms with Gasteiger partial charge in [0.2, 0.25) is 11.8 Å². The number of carbonyl (C=O) groups excluding carboxylic acids is 2. The van der Waals surface area contributed by atoms with Crippen molar-refractivity contribution in [1.82, 2.24) is 5.32 Å². The standard InChI is InChI=1S/C23H27N3O4/c1-25(2)14-17-6-4-3-5-16(17)13-24-23(28)18-11-22(27)26(15-18)19-7-8-20-21(12-19)30-10-9-29-20/h3-8,12,18H,9-11,13-15H2,1-2H3,(H,24,28)/p+1/t18-/m0/s1. The third-order valence-corrected chi connectivity index (χ3v) is 5.45. The fraction of sp³-hybridized carbons (Fsp3) is 0.391. The summed E-state index contributed by atoms with van der Waals surface area (Å²) in [7, 11) is 4.21. The van der Waals surface area contributed by atoms with Gasteiger partial charge in [-0.05, 0) is 17.7 Å². The molecule has 2 N–H and O–H groups in total. The van der Waals surface area contributed by atoms with Crippen LogP contribution in [0, 0.1) is 5.92 Å². The molecule has 4 rings (SSSR count). The number of quaternary nitrogens is 1. The van der Waals surface area contributed by atoms with Gasteiger partial charge in [0.1, 0.15) is 19.8 Å². The maximum Gasteiger partial charge on any atom is 0.227 e. The molecular weight excluding hydrogens is 382 g/mol. The summed E-state index contributed by atoms with van der Waals surface area (Å²) in [6.07, 6.45) is 0.212. The van der Waals surface area contributed by atoms with Gasteiger partial charge in [-0.2, -0.15) is 0 Å². The molecule has 0 aromatic heterocycles. The summed E-state index contributed by atoms with van der Waals surface area (Å²) in [5, 5.41) is 3.03. The number of hydrogen-bond acceptors (Lipinski definition) is 4. The van der Waals surface area contributed by atoms with Gasteiger partial charge in [0, 0.05) is 36.8 Å². The van der Waals surface area contributed by atoms with Crippen LogP contribution in [0.5, 0.6) is 11.5 Å². The number of amides is 2. The fourth-order valence-electron chi connectivity index (χ4n) is 3.94.